The SMILES string of the molecule is Cc1cccc2nc(N[C@@H]3CC[C@H](CS(N)(=O)=O)C3)sc12. The highest BCUT2D eigenvalue weighted by atomic mass is 32.2. The molecule has 1 aromatic carbocycles. The molecule has 3 rings (SSSR count). The topological polar surface area (TPSA) is 85.1 Å². The number of aryl methyl sites for hydroxylation is 1. The van der Waals surface area contributed by atoms with E-state index in [0.717, 1.165) is 29.9 Å². The Hall–Kier alpha value is -1.18. The Labute approximate surface area is 128 Å². The molecule has 2 atom stereocenters. The van der Waals surface area contributed by atoms with E-state index in [1.54, 1.807) is 11.3 Å². The lowest BCUT2D eigenvalue weighted by Crippen LogP contribution is -2.23. The van der Waals surface area contributed by atoms with E-state index < -0.39 is 10.0 Å². The van der Waals surface area contributed by atoms with Crippen LogP contribution in [0.25, 0.3) is 10.2 Å². The Kier molecular flexibility index (Phi) is 3.90. The van der Waals surface area contributed by atoms with Crippen molar-refractivity contribution in [2.75, 3.05) is 11.1 Å². The van der Waals surface area contributed by atoms with Gasteiger partial charge >= 0.3 is 0 Å². The quantitative estimate of drug-likeness (QED) is 0.904. The van der Waals surface area contributed by atoms with Crippen molar-refractivity contribution < 1.29 is 8.42 Å². The zero-order valence-corrected chi connectivity index (χ0v) is 13.5. The molecule has 3 N–H and O–H groups in total. The maximum atomic E-state index is 11.2. The third kappa shape index (κ3) is 3.53. The standard InChI is InChI=1S/C14H19N3O2S2/c1-9-3-2-4-12-13(9)20-14(17-12)16-11-6-5-10(7-11)8-21(15,18)19/h2-4,10-11H,5-8H2,1H3,(H,16,17)(H2,15,18,19)/t10-,11+/m0/s1. The molecule has 2 aromatic rings. The van der Waals surface area contributed by atoms with Gasteiger partial charge in [0.2, 0.25) is 10.0 Å². The first-order chi connectivity index (χ1) is 9.90. The van der Waals surface area contributed by atoms with Crippen LogP contribution in [0.2, 0.25) is 0 Å². The monoisotopic (exact) mass is 325 g/mol. The van der Waals surface area contributed by atoms with Gasteiger partial charge in [-0.25, -0.2) is 18.5 Å². The first kappa shape index (κ1) is 14.7. The summed E-state index contributed by atoms with van der Waals surface area (Å²) < 4.78 is 23.5. The predicted octanol–water partition coefficient (Wildman–Crippen LogP) is 2.47. The highest BCUT2D eigenvalue weighted by Gasteiger charge is 2.28. The van der Waals surface area contributed by atoms with Crippen molar-refractivity contribution in [1.29, 1.82) is 0 Å². The van der Waals surface area contributed by atoms with Crippen LogP contribution in [0.1, 0.15) is 24.8 Å². The predicted molar refractivity (Wildman–Crippen MR) is 87.1 cm³/mol. The summed E-state index contributed by atoms with van der Waals surface area (Å²) in [5, 5.41) is 9.48. The molecule has 0 saturated heterocycles. The van der Waals surface area contributed by atoms with Crippen LogP contribution in [-0.4, -0.2) is 25.2 Å². The molecule has 1 aromatic heterocycles. The van der Waals surface area contributed by atoms with Gasteiger partial charge in [-0.3, -0.25) is 0 Å². The highest BCUT2D eigenvalue weighted by molar-refractivity contribution is 7.89. The van der Waals surface area contributed by atoms with Crippen molar-refractivity contribution in [3.05, 3.63) is 23.8 Å². The van der Waals surface area contributed by atoms with E-state index in [4.69, 9.17) is 5.14 Å². The van der Waals surface area contributed by atoms with Crippen molar-refractivity contribution in [3.63, 3.8) is 0 Å². The maximum Gasteiger partial charge on any atom is 0.209 e. The van der Waals surface area contributed by atoms with Gasteiger partial charge in [-0.05, 0) is 43.7 Å². The molecule has 0 amide bonds. The normalized spacial score (nSPS) is 22.8. The summed E-state index contributed by atoms with van der Waals surface area (Å²) in [5.41, 5.74) is 2.25. The van der Waals surface area contributed by atoms with E-state index in [0.29, 0.717) is 0 Å². The average molecular weight is 325 g/mol. The number of sulfonamides is 1. The van der Waals surface area contributed by atoms with Gasteiger partial charge in [-0.2, -0.15) is 0 Å². The van der Waals surface area contributed by atoms with E-state index in [1.807, 2.05) is 12.1 Å². The Morgan fingerprint density at radius 3 is 2.95 bits per heavy atom. The van der Waals surface area contributed by atoms with Gasteiger partial charge in [-0.1, -0.05) is 23.5 Å². The Bertz CT molecular complexity index is 755. The number of hydrogen-bond acceptors (Lipinski definition) is 5. The minimum Gasteiger partial charge on any atom is -0.359 e. The second kappa shape index (κ2) is 5.55. The molecule has 0 aliphatic heterocycles. The smallest absolute Gasteiger partial charge is 0.209 e. The fourth-order valence-electron chi connectivity index (χ4n) is 3.01. The number of fused-ring (bicyclic) bond motifs is 1. The maximum absolute atomic E-state index is 11.2. The summed E-state index contributed by atoms with van der Waals surface area (Å²) in [6.45, 7) is 2.09. The molecule has 114 valence electrons. The van der Waals surface area contributed by atoms with E-state index in [2.05, 4.69) is 23.3 Å². The molecule has 1 fully saturated rings. The van der Waals surface area contributed by atoms with Gasteiger partial charge in [0.05, 0.1) is 16.0 Å². The van der Waals surface area contributed by atoms with Gasteiger partial charge in [0.15, 0.2) is 5.13 Å². The zero-order valence-electron chi connectivity index (χ0n) is 11.9. The molecular weight excluding hydrogens is 306 g/mol. The largest absolute Gasteiger partial charge is 0.359 e. The number of nitrogens with two attached hydrogens (primary N) is 1. The molecule has 1 heterocycles. The first-order valence-electron chi connectivity index (χ1n) is 7.04. The van der Waals surface area contributed by atoms with Crippen LogP contribution in [0, 0.1) is 12.8 Å². The van der Waals surface area contributed by atoms with Crippen LogP contribution < -0.4 is 10.5 Å². The average Bonchev–Trinajstić information content (AvgIpc) is 2.95. The molecular formula is C14H19N3O2S2. The number of nitrogens with one attached hydrogen (secondary N) is 1. The third-order valence-corrected chi connectivity index (χ3v) is 6.02. The van der Waals surface area contributed by atoms with Crippen LogP contribution in [0.3, 0.4) is 0 Å². The lowest BCUT2D eigenvalue weighted by molar-refractivity contribution is 0.557. The minimum atomic E-state index is -3.37. The summed E-state index contributed by atoms with van der Waals surface area (Å²) in [6.07, 6.45) is 2.71. The summed E-state index contributed by atoms with van der Waals surface area (Å²) >= 11 is 1.66. The van der Waals surface area contributed by atoms with Gasteiger partial charge < -0.3 is 5.32 Å². The van der Waals surface area contributed by atoms with Crippen molar-refractivity contribution >= 4 is 36.7 Å². The first-order valence-corrected chi connectivity index (χ1v) is 9.57. The fraction of sp³-hybridized carbons (Fsp3) is 0.500. The van der Waals surface area contributed by atoms with Crippen LogP contribution in [0.15, 0.2) is 18.2 Å². The number of aromatic nitrogens is 1. The van der Waals surface area contributed by atoms with Crippen LogP contribution in [-0.2, 0) is 10.0 Å². The summed E-state index contributed by atoms with van der Waals surface area (Å²) in [7, 11) is -3.37. The fourth-order valence-corrected chi connectivity index (χ4v) is 4.98. The number of anilines is 1. The Morgan fingerprint density at radius 2 is 2.24 bits per heavy atom. The number of rotatable bonds is 4. The van der Waals surface area contributed by atoms with E-state index in [1.165, 1.54) is 10.3 Å². The van der Waals surface area contributed by atoms with Gasteiger partial charge in [0, 0.05) is 6.04 Å². The molecule has 1 aliphatic rings. The molecule has 0 spiro atoms. The van der Waals surface area contributed by atoms with E-state index in [9.17, 15) is 8.42 Å². The second-order valence-electron chi connectivity index (χ2n) is 5.79. The number of benzene rings is 1. The number of nitrogens with zero attached hydrogens (tertiary/aromatic N) is 1. The summed E-state index contributed by atoms with van der Waals surface area (Å²) in [4.78, 5) is 4.60. The lowest BCUT2D eigenvalue weighted by Gasteiger charge is -2.11. The Morgan fingerprint density at radius 1 is 1.43 bits per heavy atom. The van der Waals surface area contributed by atoms with Gasteiger partial charge in [-0.15, -0.1) is 0 Å². The molecule has 21 heavy (non-hydrogen) atoms. The van der Waals surface area contributed by atoms with Crippen LogP contribution in [0.4, 0.5) is 5.13 Å². The van der Waals surface area contributed by atoms with Gasteiger partial charge in [0.25, 0.3) is 0 Å². The van der Waals surface area contributed by atoms with Gasteiger partial charge in [0.1, 0.15) is 0 Å². The third-order valence-electron chi connectivity index (χ3n) is 3.95. The lowest BCUT2D eigenvalue weighted by atomic mass is 10.1. The molecule has 0 unspecified atom stereocenters. The number of hydrogen-bond donors (Lipinski definition) is 2. The molecule has 5 nitrogen and oxygen atoms in total. The van der Waals surface area contributed by atoms with Crippen molar-refractivity contribution in [2.45, 2.75) is 32.2 Å². The number of primary sulfonamides is 1. The summed E-state index contributed by atoms with van der Waals surface area (Å²) in [5.74, 6) is 0.248. The molecule has 0 bridgehead atoms. The van der Waals surface area contributed by atoms with E-state index in [-0.39, 0.29) is 17.7 Å². The van der Waals surface area contributed by atoms with Crippen LogP contribution in [0.5, 0.6) is 0 Å². The zero-order chi connectivity index (χ0) is 15.0. The number of thiazole rings is 1. The molecule has 7 heteroatoms. The second-order valence-corrected chi connectivity index (χ2v) is 8.45. The Balaban J connectivity index is 1.68. The highest BCUT2D eigenvalue weighted by Crippen LogP contribution is 2.33. The van der Waals surface area contributed by atoms with E-state index >= 15 is 0 Å². The molecule has 0 radical (unpaired) electrons. The molecule has 1 aliphatic carbocycles. The van der Waals surface area contributed by atoms with Crippen LogP contribution >= 0.6 is 11.3 Å². The summed E-state index contributed by atoms with van der Waals surface area (Å²) in [6, 6.07) is 6.40. The van der Waals surface area contributed by atoms with Crippen molar-refractivity contribution in [3.8, 4) is 0 Å². The minimum absolute atomic E-state index is 0.0874. The van der Waals surface area contributed by atoms with Crippen molar-refractivity contribution in [1.82, 2.24) is 4.98 Å². The molecule has 1 saturated carbocycles. The van der Waals surface area contributed by atoms with Crippen molar-refractivity contribution in [2.24, 2.45) is 11.1 Å².